The van der Waals surface area contributed by atoms with Crippen molar-refractivity contribution in [3.63, 3.8) is 0 Å². The van der Waals surface area contributed by atoms with Crippen LogP contribution in [0.1, 0.15) is 27.2 Å². The molecule has 0 amide bonds. The Morgan fingerprint density at radius 3 is 1.67 bits per heavy atom. The topological polar surface area (TPSA) is 0 Å². The van der Waals surface area contributed by atoms with E-state index in [-0.39, 0.29) is 0 Å². The second-order valence-electron chi connectivity index (χ2n) is 2.07. The lowest BCUT2D eigenvalue weighted by Gasteiger charge is -2.10. The lowest BCUT2D eigenvalue weighted by molar-refractivity contribution is 0.719. The summed E-state index contributed by atoms with van der Waals surface area (Å²) in [6, 6.07) is 0. The molecule has 1 heteroatoms. The zero-order valence-electron chi connectivity index (χ0n) is 4.59. The van der Waals surface area contributed by atoms with Gasteiger partial charge in [0.2, 0.25) is 0 Å². The fourth-order valence-corrected chi connectivity index (χ4v) is 0. The van der Waals surface area contributed by atoms with Gasteiger partial charge >= 0.3 is 0 Å². The van der Waals surface area contributed by atoms with Crippen molar-refractivity contribution >= 4 is 22.6 Å². The molecule has 0 aromatic rings. The van der Waals surface area contributed by atoms with E-state index in [1.165, 1.54) is 6.42 Å². The molecule has 6 heavy (non-hydrogen) atoms. The molecule has 0 aliphatic rings. The van der Waals surface area contributed by atoms with Crippen LogP contribution >= 0.6 is 22.6 Å². The molecule has 0 unspecified atom stereocenters. The van der Waals surface area contributed by atoms with Crippen LogP contribution in [0.4, 0.5) is 0 Å². The van der Waals surface area contributed by atoms with Gasteiger partial charge in [0.15, 0.2) is 0 Å². The Morgan fingerprint density at radius 2 is 1.67 bits per heavy atom. The summed E-state index contributed by atoms with van der Waals surface area (Å²) in [5.74, 6) is 0. The number of rotatable bonds is 1. The summed E-state index contributed by atoms with van der Waals surface area (Å²) < 4.78 is 0.512. The molecular formula is C5H11I. The maximum atomic E-state index is 2.44. The molecule has 0 aliphatic heterocycles. The highest BCUT2D eigenvalue weighted by molar-refractivity contribution is 14.1. The van der Waals surface area contributed by atoms with E-state index in [2.05, 4.69) is 43.4 Å². The van der Waals surface area contributed by atoms with E-state index in [0.29, 0.717) is 3.42 Å². The smallest absolute Gasteiger partial charge is 0.0163 e. The molecular weight excluding hydrogens is 187 g/mol. The monoisotopic (exact) mass is 198 g/mol. The van der Waals surface area contributed by atoms with Gasteiger partial charge in [0.05, 0.1) is 0 Å². The van der Waals surface area contributed by atoms with Crippen LogP contribution in [-0.2, 0) is 0 Å². The van der Waals surface area contributed by atoms with E-state index in [9.17, 15) is 0 Å². The first-order valence-electron chi connectivity index (χ1n) is 2.25. The Morgan fingerprint density at radius 1 is 1.50 bits per heavy atom. The lowest BCUT2D eigenvalue weighted by atomic mass is 10.2. The van der Waals surface area contributed by atoms with Gasteiger partial charge in [-0.1, -0.05) is 43.4 Å². The fraction of sp³-hybridized carbons (Fsp3) is 1.00. The van der Waals surface area contributed by atoms with E-state index in [4.69, 9.17) is 0 Å². The van der Waals surface area contributed by atoms with Crippen LogP contribution in [0.5, 0.6) is 0 Å². The SMILES string of the molecule is CCC(C)(C)I. The third kappa shape index (κ3) is 4.73. The van der Waals surface area contributed by atoms with Crippen molar-refractivity contribution in [3.8, 4) is 0 Å². The van der Waals surface area contributed by atoms with Gasteiger partial charge in [-0.15, -0.1) is 0 Å². The molecule has 0 heterocycles. The average Bonchev–Trinajstić information content (AvgIpc) is 1.35. The average molecular weight is 198 g/mol. The van der Waals surface area contributed by atoms with Gasteiger partial charge in [0.1, 0.15) is 0 Å². The summed E-state index contributed by atoms with van der Waals surface area (Å²) in [5.41, 5.74) is 0. The van der Waals surface area contributed by atoms with Gasteiger partial charge in [0, 0.05) is 3.42 Å². The summed E-state index contributed by atoms with van der Waals surface area (Å²) in [6.07, 6.45) is 1.26. The molecule has 0 spiro atoms. The van der Waals surface area contributed by atoms with Crippen LogP contribution in [0.15, 0.2) is 0 Å². The van der Waals surface area contributed by atoms with Crippen LogP contribution in [0.2, 0.25) is 0 Å². The Labute approximate surface area is 53.5 Å². The lowest BCUT2D eigenvalue weighted by Crippen LogP contribution is -2.04. The first kappa shape index (κ1) is 6.73. The maximum Gasteiger partial charge on any atom is 0.0163 e. The molecule has 0 atom stereocenters. The van der Waals surface area contributed by atoms with Crippen molar-refractivity contribution in [1.82, 2.24) is 0 Å². The van der Waals surface area contributed by atoms with E-state index in [1.807, 2.05) is 0 Å². The highest BCUT2D eigenvalue weighted by Gasteiger charge is 2.05. The van der Waals surface area contributed by atoms with Crippen LogP contribution in [0.25, 0.3) is 0 Å². The Kier molecular flexibility index (Phi) is 2.41. The predicted octanol–water partition coefficient (Wildman–Crippen LogP) is 2.61. The van der Waals surface area contributed by atoms with Gasteiger partial charge in [-0.2, -0.15) is 0 Å². The minimum atomic E-state index is 0.512. The highest BCUT2D eigenvalue weighted by Crippen LogP contribution is 2.19. The van der Waals surface area contributed by atoms with Crippen molar-refractivity contribution in [2.75, 3.05) is 0 Å². The molecule has 38 valence electrons. The summed E-state index contributed by atoms with van der Waals surface area (Å²) in [4.78, 5) is 0. The van der Waals surface area contributed by atoms with Gasteiger partial charge < -0.3 is 0 Å². The van der Waals surface area contributed by atoms with Crippen LogP contribution in [0, 0.1) is 0 Å². The molecule has 0 aromatic carbocycles. The largest absolute Gasteiger partial charge is 0.0795 e. The van der Waals surface area contributed by atoms with Gasteiger partial charge in [-0.25, -0.2) is 0 Å². The first-order valence-corrected chi connectivity index (χ1v) is 3.33. The van der Waals surface area contributed by atoms with Crippen LogP contribution in [-0.4, -0.2) is 3.42 Å². The molecule has 0 fully saturated rings. The second-order valence-corrected chi connectivity index (χ2v) is 4.99. The molecule has 0 N–H and O–H groups in total. The standard InChI is InChI=1S/C5H11I/c1-4-5(2,3)6/h4H2,1-3H3. The fourth-order valence-electron chi connectivity index (χ4n) is 0. The van der Waals surface area contributed by atoms with Crippen molar-refractivity contribution in [3.05, 3.63) is 0 Å². The molecule has 0 saturated heterocycles. The molecule has 0 radical (unpaired) electrons. The number of halogens is 1. The Bertz CT molecular complexity index is 33.7. The van der Waals surface area contributed by atoms with Crippen LogP contribution < -0.4 is 0 Å². The Hall–Kier alpha value is 0.730. The van der Waals surface area contributed by atoms with E-state index < -0.39 is 0 Å². The van der Waals surface area contributed by atoms with Crippen molar-refractivity contribution < 1.29 is 0 Å². The minimum absolute atomic E-state index is 0.512. The van der Waals surface area contributed by atoms with Gasteiger partial charge in [-0.3, -0.25) is 0 Å². The Balaban J connectivity index is 3.17. The first-order chi connectivity index (χ1) is 2.56. The summed E-state index contributed by atoms with van der Waals surface area (Å²) in [6.45, 7) is 6.66. The van der Waals surface area contributed by atoms with E-state index in [1.54, 1.807) is 0 Å². The van der Waals surface area contributed by atoms with Gasteiger partial charge in [0.25, 0.3) is 0 Å². The molecule has 0 nitrogen and oxygen atoms in total. The number of hydrogen-bond donors (Lipinski definition) is 0. The molecule has 0 aliphatic carbocycles. The van der Waals surface area contributed by atoms with Crippen molar-refractivity contribution in [2.45, 2.75) is 30.6 Å². The van der Waals surface area contributed by atoms with Crippen molar-refractivity contribution in [1.29, 1.82) is 0 Å². The normalized spacial score (nSPS) is 12.0. The number of hydrogen-bond acceptors (Lipinski definition) is 0. The summed E-state index contributed by atoms with van der Waals surface area (Å²) in [7, 11) is 0. The molecule has 0 bridgehead atoms. The third-order valence-electron chi connectivity index (χ3n) is 0.841. The summed E-state index contributed by atoms with van der Waals surface area (Å²) >= 11 is 2.44. The third-order valence-corrected chi connectivity index (χ3v) is 1.60. The van der Waals surface area contributed by atoms with E-state index >= 15 is 0 Å². The molecule has 0 rings (SSSR count). The number of alkyl halides is 1. The molecule has 0 aromatic heterocycles. The zero-order chi connectivity index (χ0) is 5.21. The highest BCUT2D eigenvalue weighted by atomic mass is 127. The van der Waals surface area contributed by atoms with E-state index in [0.717, 1.165) is 0 Å². The molecule has 0 saturated carbocycles. The minimum Gasteiger partial charge on any atom is -0.0795 e. The second kappa shape index (κ2) is 2.15. The quantitative estimate of drug-likeness (QED) is 0.448. The van der Waals surface area contributed by atoms with Crippen molar-refractivity contribution in [2.24, 2.45) is 0 Å². The maximum absolute atomic E-state index is 2.44. The summed E-state index contributed by atoms with van der Waals surface area (Å²) in [5, 5.41) is 0. The van der Waals surface area contributed by atoms with Crippen LogP contribution in [0.3, 0.4) is 0 Å². The predicted molar refractivity (Wildman–Crippen MR) is 38.4 cm³/mol. The van der Waals surface area contributed by atoms with Gasteiger partial charge in [-0.05, 0) is 6.42 Å². The zero-order valence-corrected chi connectivity index (χ0v) is 6.74.